The fraction of sp³-hybridized carbons (Fsp3) is 0.769. The first kappa shape index (κ1) is 82.7. The second-order valence-corrected chi connectivity index (χ2v) is 31.4. The van der Waals surface area contributed by atoms with E-state index in [9.17, 15) is 28.2 Å². The Kier molecular flexibility index (Phi) is 41.4. The van der Waals surface area contributed by atoms with E-state index < -0.39 is 58.3 Å². The predicted molar refractivity (Wildman–Crippen MR) is 367 cm³/mol. The van der Waals surface area contributed by atoms with Crippen molar-refractivity contribution in [3.8, 4) is 0 Å². The molecule has 2 aromatic rings. The smallest absolute Gasteiger partial charge is 0.245 e. The molecule has 28 heteroatoms. The molecule has 1 aromatic carbocycles. The van der Waals surface area contributed by atoms with Gasteiger partial charge in [-0.05, 0) is 78.4 Å². The number of likely N-dealkylation sites (tertiary alicyclic amines) is 1. The lowest BCUT2D eigenvalue weighted by Gasteiger charge is -2.41. The van der Waals surface area contributed by atoms with Gasteiger partial charge in [-0.2, -0.15) is 0 Å². The number of azide groups is 1. The molecule has 1 aliphatic heterocycles. The van der Waals surface area contributed by atoms with Crippen LogP contribution in [-0.2, 0) is 99.9 Å². The van der Waals surface area contributed by atoms with Crippen LogP contribution in [0.4, 0.5) is 0 Å². The molecule has 0 aliphatic carbocycles. The van der Waals surface area contributed by atoms with Gasteiger partial charge in [0.05, 0.1) is 138 Å². The van der Waals surface area contributed by atoms with Gasteiger partial charge in [0, 0.05) is 76.6 Å². The summed E-state index contributed by atoms with van der Waals surface area (Å²) in [7, 11) is 6.29. The second-order valence-electron chi connectivity index (χ2n) is 24.7. The Labute approximate surface area is 562 Å². The molecule has 25 nitrogen and oxygen atoms in total. The van der Waals surface area contributed by atoms with Gasteiger partial charge in [-0.15, -0.1) is 4.21 Å². The summed E-state index contributed by atoms with van der Waals surface area (Å²) < 4.78 is 58.8. The number of rotatable bonds is 51. The SMILES string of the molecule is CC[C@H](C)[C@@H]([C@@H](CC(=O)N1CCC[C@H]1[C@H](OC)[C@@H](C)C(=O)N[C@@H](Cc1ccccc1)C(=O)NCCC[S+](C)CC[S+](C)(=O)CSc1ncc(COCCOCCOCCOCCOCCOCCN=[N+]=[N-])cn1)OC)N(C)C(=O)[C@@H](NC(=O)[C@H](C(C)C)N(C)C)C(C)C. The van der Waals surface area contributed by atoms with E-state index in [1.165, 1.54) is 11.8 Å². The van der Waals surface area contributed by atoms with Crippen molar-refractivity contribution in [1.29, 1.82) is 0 Å². The van der Waals surface area contributed by atoms with Crippen LogP contribution in [0.2, 0.25) is 0 Å². The molecule has 1 fully saturated rings. The molecule has 3 N–H and O–H groups in total. The molecule has 1 aliphatic rings. The maximum absolute atomic E-state index is 14.6. The van der Waals surface area contributed by atoms with Crippen molar-refractivity contribution in [2.45, 2.75) is 141 Å². The van der Waals surface area contributed by atoms with Crippen LogP contribution in [-0.4, -0.2) is 259 Å². The first-order chi connectivity index (χ1) is 44.5. The molecule has 0 radical (unpaired) electrons. The largest absolute Gasteiger partial charge is 0.379 e. The molecule has 0 bridgehead atoms. The molecule has 5 amide bonds. The summed E-state index contributed by atoms with van der Waals surface area (Å²) in [6.07, 6.45) is 8.97. The van der Waals surface area contributed by atoms with E-state index in [-0.39, 0.29) is 71.0 Å². The van der Waals surface area contributed by atoms with E-state index in [1.54, 1.807) is 56.6 Å². The topological polar surface area (TPSA) is 297 Å². The van der Waals surface area contributed by atoms with E-state index in [0.717, 1.165) is 22.6 Å². The molecular formula is C65H113N11O14S3+2. The molecular weight excluding hydrogens is 1250 g/mol. The Bertz CT molecular complexity index is 2540. The average Bonchev–Trinajstić information content (AvgIpc) is 2.05. The highest BCUT2D eigenvalue weighted by atomic mass is 32.3. The minimum absolute atomic E-state index is 0.0165. The number of hydrogen-bond donors (Lipinski definition) is 3. The Morgan fingerprint density at radius 3 is 1.92 bits per heavy atom. The molecule has 2 unspecified atom stereocenters. The zero-order valence-electron chi connectivity index (χ0n) is 58.1. The number of thioether (sulfide) groups is 1. The zero-order chi connectivity index (χ0) is 68.7. The molecule has 0 spiro atoms. The molecule has 3 rings (SSSR count). The van der Waals surface area contributed by atoms with Crippen molar-refractivity contribution in [2.75, 3.05) is 163 Å². The van der Waals surface area contributed by atoms with E-state index in [0.29, 0.717) is 141 Å². The van der Waals surface area contributed by atoms with Crippen molar-refractivity contribution < 1.29 is 66.1 Å². The highest BCUT2D eigenvalue weighted by molar-refractivity contribution is 8.17. The number of carbonyl (C=O) groups is 5. The van der Waals surface area contributed by atoms with Gasteiger partial charge in [-0.3, -0.25) is 28.9 Å². The van der Waals surface area contributed by atoms with Crippen molar-refractivity contribution >= 4 is 62.1 Å². The van der Waals surface area contributed by atoms with E-state index >= 15 is 0 Å². The molecule has 528 valence electrons. The number of nitrogens with zero attached hydrogens (tertiary/aromatic N) is 8. The standard InChI is InChI=1S/C65H111N11O14S3/c1-15-49(6)59(75(10)64(81)57(47(2)3)72-63(80)58(48(4)5)74(8)9)55(83-11)42-56(77)76-26-19-23-54(76)60(84-12)50(7)61(78)71-53(41-51-21-17-16-18-22-51)62(79)67-24-20-38-92(13)39-40-93(14,82)46-91-65-68-43-52(44-69-65)45-90-37-36-89-35-34-88-33-32-87-31-30-86-29-28-85-27-25-70-73-66/h16-18,21-22,43-44,47-50,53-55,57-60H,15,19-20,23-42,45-46H2,1-14H3,(H-2,67,71,72,78,79,80)/p+2/t49-,50+,53-,54-,55+,57-,58-,59-,60+,92?,93?/m0/s1. The van der Waals surface area contributed by atoms with E-state index in [1.807, 2.05) is 90.9 Å². The number of aromatic nitrogens is 2. The molecule has 93 heavy (non-hydrogen) atoms. The Balaban J connectivity index is 1.45. The Morgan fingerprint density at radius 2 is 1.39 bits per heavy atom. The summed E-state index contributed by atoms with van der Waals surface area (Å²) in [5.41, 5.74) is 9.93. The van der Waals surface area contributed by atoms with Gasteiger partial charge in [0.25, 0.3) is 0 Å². The van der Waals surface area contributed by atoms with Gasteiger partial charge in [0.15, 0.2) is 21.7 Å². The molecule has 11 atom stereocenters. The Hall–Kier alpha value is -4.55. The summed E-state index contributed by atoms with van der Waals surface area (Å²) in [6.45, 7) is 19.8. The lowest BCUT2D eigenvalue weighted by Crippen LogP contribution is -2.59. The number of ether oxygens (including phenoxy) is 8. The summed E-state index contributed by atoms with van der Waals surface area (Å²) in [4.78, 5) is 87.9. The van der Waals surface area contributed by atoms with E-state index in [4.69, 9.17) is 43.4 Å². The fourth-order valence-corrected chi connectivity index (χ4v) is 16.5. The number of carbonyl (C=O) groups excluding carboxylic acids is 5. The van der Waals surface area contributed by atoms with Crippen LogP contribution in [0.5, 0.6) is 0 Å². The maximum atomic E-state index is 14.6. The predicted octanol–water partition coefficient (Wildman–Crippen LogP) is 5.69. The fourth-order valence-electron chi connectivity index (χ4n) is 11.0. The van der Waals surface area contributed by atoms with Crippen LogP contribution in [0.3, 0.4) is 0 Å². The highest BCUT2D eigenvalue weighted by Crippen LogP contribution is 2.30. The van der Waals surface area contributed by atoms with Crippen LogP contribution >= 0.6 is 11.8 Å². The van der Waals surface area contributed by atoms with Crippen LogP contribution < -0.4 is 16.0 Å². The van der Waals surface area contributed by atoms with Crippen LogP contribution in [0, 0.1) is 23.7 Å². The summed E-state index contributed by atoms with van der Waals surface area (Å²) >= 11 is 1.37. The highest BCUT2D eigenvalue weighted by Gasteiger charge is 2.44. The number of likely N-dealkylation sites (N-methyl/N-ethyl adjacent to an activating group) is 2. The number of methoxy groups -OCH3 is 2. The van der Waals surface area contributed by atoms with Gasteiger partial charge in [-0.1, -0.05) is 90.3 Å². The van der Waals surface area contributed by atoms with Crippen molar-refractivity contribution in [1.82, 2.24) is 40.6 Å². The summed E-state index contributed by atoms with van der Waals surface area (Å²) in [6, 6.07) is 6.49. The van der Waals surface area contributed by atoms with Crippen molar-refractivity contribution in [3.63, 3.8) is 0 Å². The van der Waals surface area contributed by atoms with E-state index in [2.05, 4.69) is 42.2 Å². The average molecular weight is 1370 g/mol. The summed E-state index contributed by atoms with van der Waals surface area (Å²) in [5, 5.41) is 13.5. The van der Waals surface area contributed by atoms with Gasteiger partial charge < -0.3 is 63.6 Å². The lowest BCUT2D eigenvalue weighted by molar-refractivity contribution is -0.148. The third-order valence-electron chi connectivity index (χ3n) is 16.3. The van der Waals surface area contributed by atoms with Crippen LogP contribution in [0.15, 0.2) is 53.0 Å². The maximum Gasteiger partial charge on any atom is 0.245 e. The molecule has 2 heterocycles. The number of benzene rings is 1. The van der Waals surface area contributed by atoms with Gasteiger partial charge in [0.1, 0.15) is 24.1 Å². The van der Waals surface area contributed by atoms with Crippen molar-refractivity contribution in [2.24, 2.45) is 28.8 Å². The number of nitrogens with one attached hydrogen (secondary N) is 3. The summed E-state index contributed by atoms with van der Waals surface area (Å²) in [5.74, 6) is -0.171. The molecule has 0 saturated carbocycles. The second kappa shape index (κ2) is 46.6. The zero-order valence-corrected chi connectivity index (χ0v) is 60.5. The first-order valence-corrected chi connectivity index (χ1v) is 37.9. The number of amides is 5. The molecule has 1 aromatic heterocycles. The van der Waals surface area contributed by atoms with Gasteiger partial charge in [-0.25, -0.2) is 9.97 Å². The lowest BCUT2D eigenvalue weighted by atomic mass is 9.89. The van der Waals surface area contributed by atoms with Crippen LogP contribution in [0.1, 0.15) is 91.7 Å². The van der Waals surface area contributed by atoms with Crippen molar-refractivity contribution in [3.05, 3.63) is 64.3 Å². The minimum Gasteiger partial charge on any atom is -0.379 e. The third-order valence-corrected chi connectivity index (χ3v) is 22.5. The third kappa shape index (κ3) is 31.5. The van der Waals surface area contributed by atoms with Crippen LogP contribution in [0.25, 0.3) is 10.4 Å². The Morgan fingerprint density at radius 1 is 0.796 bits per heavy atom. The number of hydrogen-bond acceptors (Lipinski definition) is 19. The monoisotopic (exact) mass is 1370 g/mol. The normalized spacial score (nSPS) is 17.0. The quantitative estimate of drug-likeness (QED) is 0.0136. The first-order valence-electron chi connectivity index (χ1n) is 32.7. The van der Waals surface area contributed by atoms with Gasteiger partial charge in [0.2, 0.25) is 29.5 Å². The molecule has 1 saturated heterocycles. The van der Waals surface area contributed by atoms with Gasteiger partial charge >= 0.3 is 0 Å². The minimum atomic E-state index is -2.18.